The van der Waals surface area contributed by atoms with Gasteiger partial charge < -0.3 is 5.73 Å². The minimum atomic E-state index is -3.91. The van der Waals surface area contributed by atoms with Crippen LogP contribution < -0.4 is 10.5 Å². The largest absolute Gasteiger partial charge is 0.324 e. The maximum Gasteiger partial charge on any atom is 0.241 e. The summed E-state index contributed by atoms with van der Waals surface area (Å²) in [6, 6.07) is 2.89. The third kappa shape index (κ3) is 3.26. The van der Waals surface area contributed by atoms with Gasteiger partial charge in [0.15, 0.2) is 0 Å². The number of hydrogen-bond acceptors (Lipinski definition) is 4. The van der Waals surface area contributed by atoms with Crippen LogP contribution in [0.5, 0.6) is 0 Å². The number of nitrogens with zero attached hydrogens (tertiary/aromatic N) is 1. The zero-order chi connectivity index (χ0) is 17.7. The first-order chi connectivity index (χ1) is 11.1. The van der Waals surface area contributed by atoms with E-state index in [9.17, 15) is 12.8 Å². The van der Waals surface area contributed by atoms with E-state index in [0.717, 1.165) is 29.4 Å². The van der Waals surface area contributed by atoms with Gasteiger partial charge in [0.2, 0.25) is 10.0 Å². The molecule has 2 aromatic rings. The van der Waals surface area contributed by atoms with Crippen LogP contribution in [0.2, 0.25) is 5.15 Å². The summed E-state index contributed by atoms with van der Waals surface area (Å²) >= 11 is 5.96. The van der Waals surface area contributed by atoms with Crippen molar-refractivity contribution >= 4 is 32.4 Å². The van der Waals surface area contributed by atoms with Gasteiger partial charge in [-0.2, -0.15) is 0 Å². The molecule has 1 aliphatic rings. The molecule has 130 valence electrons. The highest BCUT2D eigenvalue weighted by atomic mass is 35.5. The Hall–Kier alpha value is -1.28. The van der Waals surface area contributed by atoms with Crippen molar-refractivity contribution in [1.82, 2.24) is 9.71 Å². The molecule has 8 heteroatoms. The van der Waals surface area contributed by atoms with Gasteiger partial charge in [-0.05, 0) is 49.9 Å². The molecule has 0 spiro atoms. The lowest BCUT2D eigenvalue weighted by molar-refractivity contribution is 0.221. The van der Waals surface area contributed by atoms with E-state index < -0.39 is 15.7 Å². The van der Waals surface area contributed by atoms with E-state index >= 15 is 0 Å². The molecule has 5 nitrogen and oxygen atoms in total. The van der Waals surface area contributed by atoms with Crippen LogP contribution in [0, 0.1) is 0 Å². The molecule has 3 rings (SSSR count). The Bertz CT molecular complexity index is 910. The number of aromatic nitrogens is 1. The third-order valence-electron chi connectivity index (χ3n) is 4.17. The fourth-order valence-corrected chi connectivity index (χ4v) is 4.55. The number of pyridine rings is 1. The molecule has 1 heterocycles. The van der Waals surface area contributed by atoms with Gasteiger partial charge in [-0.3, -0.25) is 0 Å². The molecular weight excluding hydrogens is 353 g/mol. The first-order valence-corrected chi connectivity index (χ1v) is 9.50. The molecule has 3 N–H and O–H groups in total. The van der Waals surface area contributed by atoms with E-state index in [1.54, 1.807) is 12.3 Å². The van der Waals surface area contributed by atoms with Crippen LogP contribution in [0.25, 0.3) is 10.8 Å². The predicted octanol–water partition coefficient (Wildman–Crippen LogP) is 2.86. The first kappa shape index (κ1) is 17.5. The summed E-state index contributed by atoms with van der Waals surface area (Å²) in [7, 11) is -3.91. The number of alkyl halides is 1. The monoisotopic (exact) mass is 371 g/mol. The topological polar surface area (TPSA) is 85.1 Å². The standard InChI is InChI=1S/C16H19ClFN3O2S/c1-16(2,18)8-21-24(22,23)14-5-10-9(3-4-13(10)19)12-7-20-15(17)6-11(12)14/h5-7,13,21H,3-4,8,19H2,1-2H3. The quantitative estimate of drug-likeness (QED) is 0.809. The van der Waals surface area contributed by atoms with Crippen LogP contribution in [-0.2, 0) is 16.4 Å². The molecule has 0 radical (unpaired) electrons. The van der Waals surface area contributed by atoms with Crippen molar-refractivity contribution in [3.05, 3.63) is 34.6 Å². The lowest BCUT2D eigenvalue weighted by Gasteiger charge is -2.17. The summed E-state index contributed by atoms with van der Waals surface area (Å²) in [4.78, 5) is 4.13. The number of benzene rings is 1. The smallest absolute Gasteiger partial charge is 0.241 e. The van der Waals surface area contributed by atoms with E-state index in [2.05, 4.69) is 9.71 Å². The number of nitrogens with two attached hydrogens (primary N) is 1. The molecular formula is C16H19ClFN3O2S. The van der Waals surface area contributed by atoms with Crippen LogP contribution in [0.1, 0.15) is 37.4 Å². The summed E-state index contributed by atoms with van der Waals surface area (Å²) in [6.07, 6.45) is 3.09. The van der Waals surface area contributed by atoms with Crippen LogP contribution >= 0.6 is 11.6 Å². The molecule has 0 fully saturated rings. The molecule has 1 aromatic carbocycles. The molecule has 0 saturated heterocycles. The van der Waals surface area contributed by atoms with Crippen molar-refractivity contribution in [3.63, 3.8) is 0 Å². The number of hydrogen-bond donors (Lipinski definition) is 2. The van der Waals surface area contributed by atoms with Crippen molar-refractivity contribution in [3.8, 4) is 0 Å². The lowest BCUT2D eigenvalue weighted by atomic mass is 10.0. The number of nitrogens with one attached hydrogen (secondary N) is 1. The highest BCUT2D eigenvalue weighted by Gasteiger charge is 2.28. The molecule has 1 unspecified atom stereocenters. The molecule has 1 atom stereocenters. The van der Waals surface area contributed by atoms with Crippen LogP contribution in [0.15, 0.2) is 23.2 Å². The van der Waals surface area contributed by atoms with Gasteiger partial charge in [0.1, 0.15) is 10.8 Å². The first-order valence-electron chi connectivity index (χ1n) is 7.64. The van der Waals surface area contributed by atoms with Gasteiger partial charge in [0.25, 0.3) is 0 Å². The van der Waals surface area contributed by atoms with E-state index in [1.165, 1.54) is 19.9 Å². The Morgan fingerprint density at radius 2 is 2.12 bits per heavy atom. The fraction of sp³-hybridized carbons (Fsp3) is 0.438. The highest BCUT2D eigenvalue weighted by Crippen LogP contribution is 2.38. The summed E-state index contributed by atoms with van der Waals surface area (Å²) < 4.78 is 41.5. The van der Waals surface area contributed by atoms with Gasteiger partial charge in [-0.1, -0.05) is 11.6 Å². The minimum Gasteiger partial charge on any atom is -0.324 e. The van der Waals surface area contributed by atoms with E-state index in [0.29, 0.717) is 5.39 Å². The number of aryl methyl sites for hydroxylation is 1. The second kappa shape index (κ2) is 5.91. The molecule has 0 saturated carbocycles. The number of fused-ring (bicyclic) bond motifs is 3. The van der Waals surface area contributed by atoms with Crippen molar-refractivity contribution in [2.75, 3.05) is 6.54 Å². The average molecular weight is 372 g/mol. The summed E-state index contributed by atoms with van der Waals surface area (Å²) in [5.74, 6) is 0. The fourth-order valence-electron chi connectivity index (χ4n) is 2.97. The molecule has 0 aliphatic heterocycles. The maximum atomic E-state index is 13.7. The Balaban J connectivity index is 2.20. The molecule has 1 aliphatic carbocycles. The molecule has 0 amide bonds. The second-order valence-electron chi connectivity index (χ2n) is 6.68. The van der Waals surface area contributed by atoms with Crippen molar-refractivity contribution in [2.24, 2.45) is 5.73 Å². The van der Waals surface area contributed by atoms with Gasteiger partial charge >= 0.3 is 0 Å². The Kier molecular flexibility index (Phi) is 4.32. The van der Waals surface area contributed by atoms with E-state index in [-0.39, 0.29) is 22.6 Å². The van der Waals surface area contributed by atoms with Crippen molar-refractivity contribution in [1.29, 1.82) is 0 Å². The third-order valence-corrected chi connectivity index (χ3v) is 5.82. The summed E-state index contributed by atoms with van der Waals surface area (Å²) in [5.41, 5.74) is 6.25. The Morgan fingerprint density at radius 3 is 2.79 bits per heavy atom. The Morgan fingerprint density at radius 1 is 1.42 bits per heavy atom. The van der Waals surface area contributed by atoms with E-state index in [1.807, 2.05) is 0 Å². The predicted molar refractivity (Wildman–Crippen MR) is 92.4 cm³/mol. The lowest BCUT2D eigenvalue weighted by Crippen LogP contribution is -2.35. The normalized spacial score (nSPS) is 18.1. The minimum absolute atomic E-state index is 0.0575. The van der Waals surface area contributed by atoms with Gasteiger partial charge in [0.05, 0.1) is 4.90 Å². The highest BCUT2D eigenvalue weighted by molar-refractivity contribution is 7.89. The summed E-state index contributed by atoms with van der Waals surface area (Å²) in [5, 5.41) is 1.41. The van der Waals surface area contributed by atoms with Gasteiger partial charge in [-0.25, -0.2) is 22.5 Å². The maximum absolute atomic E-state index is 13.7. The van der Waals surface area contributed by atoms with Crippen molar-refractivity contribution < 1.29 is 12.8 Å². The second-order valence-corrected chi connectivity index (χ2v) is 8.81. The molecule has 0 bridgehead atoms. The SMILES string of the molecule is CC(C)(F)CNS(=O)(=O)c1cc2c(c3cnc(Cl)cc13)CCC2N. The van der Waals surface area contributed by atoms with E-state index in [4.69, 9.17) is 17.3 Å². The number of rotatable bonds is 4. The number of halogens is 2. The number of sulfonamides is 1. The zero-order valence-electron chi connectivity index (χ0n) is 13.4. The average Bonchev–Trinajstić information content (AvgIpc) is 2.85. The van der Waals surface area contributed by atoms with Gasteiger partial charge in [0, 0.05) is 29.6 Å². The Labute approximate surface area is 145 Å². The summed E-state index contributed by atoms with van der Waals surface area (Å²) in [6.45, 7) is 2.30. The van der Waals surface area contributed by atoms with Gasteiger partial charge in [-0.15, -0.1) is 0 Å². The zero-order valence-corrected chi connectivity index (χ0v) is 15.0. The molecule has 24 heavy (non-hydrogen) atoms. The molecule has 1 aromatic heterocycles. The van der Waals surface area contributed by atoms with Crippen molar-refractivity contribution in [2.45, 2.75) is 43.3 Å². The van der Waals surface area contributed by atoms with Crippen LogP contribution in [0.3, 0.4) is 0 Å². The van der Waals surface area contributed by atoms with Crippen LogP contribution in [-0.4, -0.2) is 25.6 Å². The van der Waals surface area contributed by atoms with Crippen LogP contribution in [0.4, 0.5) is 4.39 Å².